The summed E-state index contributed by atoms with van der Waals surface area (Å²) in [5.41, 5.74) is -0.602. The number of carbonyl (C=O) groups excluding carboxylic acids is 2. The van der Waals surface area contributed by atoms with Crippen molar-refractivity contribution in [3.63, 3.8) is 0 Å². The highest BCUT2D eigenvalue weighted by Crippen LogP contribution is 2.19. The van der Waals surface area contributed by atoms with E-state index >= 15 is 0 Å². The van der Waals surface area contributed by atoms with Crippen LogP contribution in [-0.4, -0.2) is 79.1 Å². The molecule has 0 spiro atoms. The number of rotatable bonds is 9. The van der Waals surface area contributed by atoms with Crippen molar-refractivity contribution < 1.29 is 24.2 Å². The zero-order chi connectivity index (χ0) is 21.3. The summed E-state index contributed by atoms with van der Waals surface area (Å²) in [6.45, 7) is 15.6. The van der Waals surface area contributed by atoms with E-state index < -0.39 is 23.8 Å². The Morgan fingerprint density at radius 3 is 2.32 bits per heavy atom. The van der Waals surface area contributed by atoms with Crippen LogP contribution in [0.4, 0.5) is 4.79 Å². The highest BCUT2D eigenvalue weighted by molar-refractivity contribution is 5.79. The van der Waals surface area contributed by atoms with Gasteiger partial charge >= 0.3 is 6.09 Å². The lowest BCUT2D eigenvalue weighted by Gasteiger charge is -2.29. The second-order valence-electron chi connectivity index (χ2n) is 8.83. The minimum absolute atomic E-state index is 0.0632. The van der Waals surface area contributed by atoms with Gasteiger partial charge in [-0.15, -0.1) is 0 Å². The molecule has 0 aromatic rings. The van der Waals surface area contributed by atoms with Crippen molar-refractivity contribution in [2.45, 2.75) is 65.7 Å². The molecule has 0 bridgehead atoms. The van der Waals surface area contributed by atoms with E-state index in [0.717, 1.165) is 32.8 Å². The van der Waals surface area contributed by atoms with Crippen LogP contribution in [0, 0.1) is 11.8 Å². The number of hydrogen-bond donors (Lipinski definition) is 3. The zero-order valence-electron chi connectivity index (χ0n) is 18.3. The number of ether oxygens (including phenoxy) is 2. The van der Waals surface area contributed by atoms with Gasteiger partial charge in [-0.25, -0.2) is 4.79 Å². The first-order valence-corrected chi connectivity index (χ1v) is 10.2. The Bertz CT molecular complexity index is 487. The summed E-state index contributed by atoms with van der Waals surface area (Å²) in [4.78, 5) is 26.8. The van der Waals surface area contributed by atoms with E-state index in [1.54, 1.807) is 27.7 Å². The van der Waals surface area contributed by atoms with Gasteiger partial charge in [0.25, 0.3) is 0 Å². The molecule has 1 fully saturated rings. The predicted octanol–water partition coefficient (Wildman–Crippen LogP) is 1.37. The van der Waals surface area contributed by atoms with Gasteiger partial charge in [0.2, 0.25) is 5.91 Å². The van der Waals surface area contributed by atoms with Crippen LogP contribution in [0.1, 0.15) is 48.0 Å². The first-order chi connectivity index (χ1) is 13.0. The first-order valence-electron chi connectivity index (χ1n) is 10.2. The summed E-state index contributed by atoms with van der Waals surface area (Å²) in [7, 11) is 0. The van der Waals surface area contributed by atoms with Crippen molar-refractivity contribution in [3.8, 4) is 0 Å². The number of aliphatic hydroxyl groups excluding tert-OH is 1. The Morgan fingerprint density at radius 2 is 1.79 bits per heavy atom. The summed E-state index contributed by atoms with van der Waals surface area (Å²) < 4.78 is 10.5. The van der Waals surface area contributed by atoms with Crippen LogP contribution in [0.3, 0.4) is 0 Å². The van der Waals surface area contributed by atoms with Gasteiger partial charge in [0, 0.05) is 32.1 Å². The maximum Gasteiger partial charge on any atom is 0.407 e. The second-order valence-corrected chi connectivity index (χ2v) is 8.83. The quantitative estimate of drug-likeness (QED) is 0.540. The molecule has 1 rings (SSSR count). The maximum atomic E-state index is 12.6. The smallest absolute Gasteiger partial charge is 0.407 e. The third-order valence-corrected chi connectivity index (χ3v) is 4.79. The van der Waals surface area contributed by atoms with Crippen LogP contribution >= 0.6 is 0 Å². The Hall–Kier alpha value is -1.38. The van der Waals surface area contributed by atoms with E-state index in [9.17, 15) is 14.7 Å². The van der Waals surface area contributed by atoms with Crippen LogP contribution < -0.4 is 10.6 Å². The number of nitrogens with one attached hydrogen (secondary N) is 2. The van der Waals surface area contributed by atoms with E-state index in [-0.39, 0.29) is 24.2 Å². The van der Waals surface area contributed by atoms with E-state index in [0.29, 0.717) is 6.54 Å². The molecule has 164 valence electrons. The fourth-order valence-electron chi connectivity index (χ4n) is 3.03. The lowest BCUT2D eigenvalue weighted by molar-refractivity contribution is -0.127. The van der Waals surface area contributed by atoms with Crippen molar-refractivity contribution in [2.75, 3.05) is 39.4 Å². The molecular weight excluding hydrogens is 362 g/mol. The monoisotopic (exact) mass is 401 g/mol. The summed E-state index contributed by atoms with van der Waals surface area (Å²) >= 11 is 0. The lowest BCUT2D eigenvalue weighted by atomic mass is 9.87. The molecule has 1 heterocycles. The molecule has 3 N–H and O–H groups in total. The highest BCUT2D eigenvalue weighted by atomic mass is 16.6. The number of amides is 2. The number of nitrogens with zero attached hydrogens (tertiary/aromatic N) is 1. The first kappa shape index (κ1) is 24.7. The van der Waals surface area contributed by atoms with Gasteiger partial charge < -0.3 is 25.2 Å². The van der Waals surface area contributed by atoms with Crippen LogP contribution in [0.25, 0.3) is 0 Å². The molecule has 0 aliphatic carbocycles. The Morgan fingerprint density at radius 1 is 1.18 bits per heavy atom. The normalized spacial score (nSPS) is 19.0. The summed E-state index contributed by atoms with van der Waals surface area (Å²) in [6.07, 6.45) is -1.14. The summed E-state index contributed by atoms with van der Waals surface area (Å²) in [5, 5.41) is 16.1. The van der Waals surface area contributed by atoms with Gasteiger partial charge in [-0.3, -0.25) is 9.69 Å². The molecule has 8 nitrogen and oxygen atoms in total. The van der Waals surface area contributed by atoms with E-state index in [1.165, 1.54) is 0 Å². The minimum atomic E-state index is -0.843. The van der Waals surface area contributed by atoms with Crippen LogP contribution in [0.5, 0.6) is 0 Å². The highest BCUT2D eigenvalue weighted by Gasteiger charge is 2.29. The molecule has 1 aliphatic heterocycles. The van der Waals surface area contributed by atoms with Gasteiger partial charge in [0.05, 0.1) is 25.4 Å². The molecule has 3 atom stereocenters. The Labute approximate surface area is 169 Å². The standard InChI is InChI=1S/C20H39N3O5/c1-14(2)16(18(25)21-7-8-23-9-11-27-12-10-23)13-17(24)15(3)22-19(26)28-20(4,5)6/h14-17,24H,7-13H2,1-6H3,(H,21,25)(H,22,26)/t15-,16-,17-/m0/s1. The average Bonchev–Trinajstić information content (AvgIpc) is 2.58. The van der Waals surface area contributed by atoms with Gasteiger partial charge in [-0.05, 0) is 40.0 Å². The van der Waals surface area contributed by atoms with Gasteiger partial charge in [0.1, 0.15) is 5.60 Å². The van der Waals surface area contributed by atoms with Gasteiger partial charge in [0.15, 0.2) is 0 Å². The number of aliphatic hydroxyl groups is 1. The minimum Gasteiger partial charge on any atom is -0.444 e. The van der Waals surface area contributed by atoms with Crippen LogP contribution in [0.2, 0.25) is 0 Å². The molecule has 8 heteroatoms. The summed E-state index contributed by atoms with van der Waals surface area (Å²) in [6, 6.07) is -0.516. The number of carbonyl (C=O) groups is 2. The molecule has 0 aromatic heterocycles. The molecule has 0 aromatic carbocycles. The zero-order valence-corrected chi connectivity index (χ0v) is 18.3. The summed E-state index contributed by atoms with van der Waals surface area (Å²) in [5.74, 6) is -0.318. The fourth-order valence-corrected chi connectivity index (χ4v) is 3.03. The Balaban J connectivity index is 2.45. The second kappa shape index (κ2) is 11.6. The Kier molecular flexibility index (Phi) is 10.2. The van der Waals surface area contributed by atoms with Crippen molar-refractivity contribution in [2.24, 2.45) is 11.8 Å². The number of morpholine rings is 1. The average molecular weight is 402 g/mol. The third-order valence-electron chi connectivity index (χ3n) is 4.79. The largest absolute Gasteiger partial charge is 0.444 e. The SMILES string of the molecule is CC(C)[C@H](C[C@H](O)[C@H](C)NC(=O)OC(C)(C)C)C(=O)NCCN1CCOCC1. The fraction of sp³-hybridized carbons (Fsp3) is 0.900. The van der Waals surface area contributed by atoms with Crippen LogP contribution in [0.15, 0.2) is 0 Å². The number of hydrogen-bond acceptors (Lipinski definition) is 6. The van der Waals surface area contributed by atoms with Crippen molar-refractivity contribution in [1.29, 1.82) is 0 Å². The molecule has 1 aliphatic rings. The van der Waals surface area contributed by atoms with E-state index in [4.69, 9.17) is 9.47 Å². The third kappa shape index (κ3) is 9.71. The van der Waals surface area contributed by atoms with E-state index in [2.05, 4.69) is 15.5 Å². The van der Waals surface area contributed by atoms with Crippen LogP contribution in [-0.2, 0) is 14.3 Å². The molecule has 0 unspecified atom stereocenters. The topological polar surface area (TPSA) is 100 Å². The van der Waals surface area contributed by atoms with Gasteiger partial charge in [-0.2, -0.15) is 0 Å². The molecule has 28 heavy (non-hydrogen) atoms. The van der Waals surface area contributed by atoms with Crippen molar-refractivity contribution in [1.82, 2.24) is 15.5 Å². The maximum absolute atomic E-state index is 12.6. The van der Waals surface area contributed by atoms with E-state index in [1.807, 2.05) is 13.8 Å². The molecule has 2 amide bonds. The molecular formula is C20H39N3O5. The van der Waals surface area contributed by atoms with Crippen molar-refractivity contribution >= 4 is 12.0 Å². The molecule has 1 saturated heterocycles. The number of alkyl carbamates (subject to hydrolysis) is 1. The van der Waals surface area contributed by atoms with Crippen molar-refractivity contribution in [3.05, 3.63) is 0 Å². The predicted molar refractivity (Wildman–Crippen MR) is 108 cm³/mol. The molecule has 0 saturated carbocycles. The molecule has 0 radical (unpaired) electrons. The van der Waals surface area contributed by atoms with Gasteiger partial charge in [-0.1, -0.05) is 13.8 Å². The lowest BCUT2D eigenvalue weighted by Crippen LogP contribution is -2.46.